The smallest absolute Gasteiger partial charge is 0.491 e. The number of amides is 1. The molecule has 222 valence electrons. The molecule has 2 atom stereocenters. The molecule has 1 aromatic heterocycles. The Morgan fingerprint density at radius 1 is 1.07 bits per heavy atom. The molecule has 1 saturated heterocycles. The molecule has 3 heterocycles. The number of thioether (sulfide) groups is 1. The largest absolute Gasteiger partial charge is 0.497 e. The fourth-order valence-corrected chi connectivity index (χ4v) is 5.80. The summed E-state index contributed by atoms with van der Waals surface area (Å²) >= 11 is 1.41. The molecule has 1 fully saturated rings. The Balaban J connectivity index is 1.36. The van der Waals surface area contributed by atoms with Gasteiger partial charge in [0.05, 0.1) is 7.11 Å². The van der Waals surface area contributed by atoms with Crippen molar-refractivity contribution in [2.24, 2.45) is 4.99 Å². The summed E-state index contributed by atoms with van der Waals surface area (Å²) in [5.74, 6) is -2.77. The summed E-state index contributed by atoms with van der Waals surface area (Å²) in [6.07, 6.45) is -0.287. The number of esters is 2. The molecule has 1 amide bonds. The molecule has 0 bridgehead atoms. The molecule has 2 aliphatic rings. The Morgan fingerprint density at radius 2 is 1.79 bits per heavy atom. The van der Waals surface area contributed by atoms with Crippen molar-refractivity contribution in [1.29, 1.82) is 0 Å². The van der Waals surface area contributed by atoms with Crippen molar-refractivity contribution in [3.8, 4) is 11.5 Å². The molecule has 2 aliphatic heterocycles. The Bertz CT molecular complexity index is 1580. The Labute approximate surface area is 248 Å². The number of carbonyl (C=O) groups excluding carboxylic acids is 3. The van der Waals surface area contributed by atoms with Gasteiger partial charge in [0, 0.05) is 35.2 Å². The van der Waals surface area contributed by atoms with Crippen molar-refractivity contribution in [2.75, 3.05) is 12.9 Å². The average Bonchev–Trinajstić information content (AvgIpc) is 3.00. The van der Waals surface area contributed by atoms with Crippen molar-refractivity contribution in [3.05, 3.63) is 102 Å². The number of halogens is 3. The zero-order valence-electron chi connectivity index (χ0n) is 22.7. The second-order valence-corrected chi connectivity index (χ2v) is 10.6. The van der Waals surface area contributed by atoms with E-state index in [4.69, 9.17) is 9.47 Å². The van der Waals surface area contributed by atoms with Crippen molar-refractivity contribution in [2.45, 2.75) is 30.7 Å². The second-order valence-electron chi connectivity index (χ2n) is 9.48. The molecule has 9 nitrogen and oxygen atoms in total. The van der Waals surface area contributed by atoms with E-state index in [0.29, 0.717) is 23.6 Å². The number of benzene rings is 2. The first-order valence-corrected chi connectivity index (χ1v) is 14.0. The number of β-lactam (4-membered cyclic amide) rings is 1. The number of hydrogen-bond acceptors (Lipinski definition) is 8. The summed E-state index contributed by atoms with van der Waals surface area (Å²) in [5.41, 5.74) is 1.66. The fourth-order valence-electron chi connectivity index (χ4n) is 4.47. The number of aromatic nitrogens is 1. The summed E-state index contributed by atoms with van der Waals surface area (Å²) in [5, 5.41) is -0.540. The molecule has 0 saturated carbocycles. The molecule has 1 unspecified atom stereocenters. The number of ether oxygens (including phenoxy) is 3. The number of hydrogen-bond donors (Lipinski definition) is 0. The van der Waals surface area contributed by atoms with Gasteiger partial charge in [0.25, 0.3) is 5.91 Å². The van der Waals surface area contributed by atoms with Gasteiger partial charge in [0.2, 0.25) is 0 Å². The third kappa shape index (κ3) is 6.72. The topological polar surface area (TPSA) is 98.4 Å². The number of methoxy groups -OCH3 is 1. The zero-order valence-corrected chi connectivity index (χ0v) is 23.5. The summed E-state index contributed by atoms with van der Waals surface area (Å²) < 4.78 is 55.3. The quantitative estimate of drug-likeness (QED) is 0.119. The maximum Gasteiger partial charge on any atom is 0.491 e. The summed E-state index contributed by atoms with van der Waals surface area (Å²) in [7, 11) is 1.55. The monoisotopic (exact) mass is 612 g/mol. The van der Waals surface area contributed by atoms with Crippen LogP contribution in [-0.4, -0.2) is 59.4 Å². The number of fused-ring (bicyclic) bond motifs is 1. The summed E-state index contributed by atoms with van der Waals surface area (Å²) in [6.45, 7) is 0.329. The van der Waals surface area contributed by atoms with Gasteiger partial charge in [-0.25, -0.2) is 14.2 Å². The highest BCUT2D eigenvalue weighted by atomic mass is 32.2. The third-order valence-electron chi connectivity index (χ3n) is 6.62. The lowest BCUT2D eigenvalue weighted by atomic mass is 10.0. The van der Waals surface area contributed by atoms with Crippen LogP contribution in [0.5, 0.6) is 11.5 Å². The summed E-state index contributed by atoms with van der Waals surface area (Å²) in [4.78, 5) is 43.8. The number of alkyl halides is 3. The number of pyridine rings is 1. The lowest BCUT2D eigenvalue weighted by molar-refractivity contribution is -0.689. The van der Waals surface area contributed by atoms with Gasteiger partial charge in [0.15, 0.2) is 25.0 Å². The number of nitrogens with zero attached hydrogens (tertiary/aromatic N) is 3. The molecule has 0 N–H and O–H groups in total. The first-order valence-electron chi connectivity index (χ1n) is 13.0. The molecule has 5 rings (SSSR count). The van der Waals surface area contributed by atoms with Crippen LogP contribution in [0.3, 0.4) is 0 Å². The van der Waals surface area contributed by atoms with E-state index in [1.54, 1.807) is 31.4 Å². The van der Waals surface area contributed by atoms with Gasteiger partial charge in [-0.1, -0.05) is 30.3 Å². The van der Waals surface area contributed by atoms with Crippen molar-refractivity contribution in [1.82, 2.24) is 4.90 Å². The van der Waals surface area contributed by atoms with E-state index < -0.39 is 35.4 Å². The minimum Gasteiger partial charge on any atom is -0.497 e. The van der Waals surface area contributed by atoms with Gasteiger partial charge >= 0.3 is 18.1 Å². The highest BCUT2D eigenvalue weighted by Gasteiger charge is 2.54. The highest BCUT2D eigenvalue weighted by molar-refractivity contribution is 8.00. The van der Waals surface area contributed by atoms with Gasteiger partial charge in [-0.05, 0) is 29.8 Å². The SMILES string of the molecule is COc1ccc(COC(=O)C2=C(C[n+]3ccccc3)CSC3[C@H](N=Cc4ccccc4OC(=O)C(F)(F)F)C(=O)N23)cc1. The molecule has 43 heavy (non-hydrogen) atoms. The summed E-state index contributed by atoms with van der Waals surface area (Å²) in [6, 6.07) is 17.2. The lowest BCUT2D eigenvalue weighted by Crippen LogP contribution is -2.64. The van der Waals surface area contributed by atoms with E-state index in [1.807, 2.05) is 35.2 Å². The van der Waals surface area contributed by atoms with Crippen LogP contribution in [0, 0.1) is 0 Å². The number of rotatable bonds is 9. The van der Waals surface area contributed by atoms with Crippen LogP contribution in [0.1, 0.15) is 11.1 Å². The zero-order chi connectivity index (χ0) is 30.6. The van der Waals surface area contributed by atoms with Crippen LogP contribution in [0.4, 0.5) is 13.2 Å². The molecule has 13 heteroatoms. The van der Waals surface area contributed by atoms with E-state index in [-0.39, 0.29) is 23.6 Å². The minimum atomic E-state index is -5.17. The third-order valence-corrected chi connectivity index (χ3v) is 7.94. The van der Waals surface area contributed by atoms with E-state index in [2.05, 4.69) is 9.73 Å². The Kier molecular flexibility index (Phi) is 8.81. The normalized spacial score (nSPS) is 18.2. The molecular formula is C30H25F3N3O6S+. The van der Waals surface area contributed by atoms with Crippen LogP contribution in [0.2, 0.25) is 0 Å². The van der Waals surface area contributed by atoms with Crippen molar-refractivity contribution < 1.29 is 46.3 Å². The first-order chi connectivity index (χ1) is 20.7. The predicted molar refractivity (Wildman–Crippen MR) is 149 cm³/mol. The average molecular weight is 613 g/mol. The maximum atomic E-state index is 13.4. The maximum absolute atomic E-state index is 13.4. The van der Waals surface area contributed by atoms with Crippen molar-refractivity contribution in [3.63, 3.8) is 0 Å². The lowest BCUT2D eigenvalue weighted by Gasteiger charge is -2.47. The van der Waals surface area contributed by atoms with Crippen LogP contribution in [0.15, 0.2) is 95.4 Å². The molecule has 0 radical (unpaired) electrons. The van der Waals surface area contributed by atoms with E-state index in [1.165, 1.54) is 47.1 Å². The fraction of sp³-hybridized carbons (Fsp3) is 0.233. The van der Waals surface area contributed by atoms with Gasteiger partial charge in [-0.15, -0.1) is 11.8 Å². The van der Waals surface area contributed by atoms with Crippen molar-refractivity contribution >= 4 is 35.8 Å². The molecule has 0 aliphatic carbocycles. The predicted octanol–water partition coefficient (Wildman–Crippen LogP) is 3.85. The Hall–Kier alpha value is -4.65. The van der Waals surface area contributed by atoms with Crippen LogP contribution in [0.25, 0.3) is 0 Å². The van der Waals surface area contributed by atoms with E-state index in [0.717, 1.165) is 5.56 Å². The number of carbonyl (C=O) groups is 3. The van der Waals surface area contributed by atoms with Gasteiger partial charge < -0.3 is 14.2 Å². The minimum absolute atomic E-state index is 0.0209. The number of aliphatic imine (C=N–C) groups is 1. The second kappa shape index (κ2) is 12.7. The van der Waals surface area contributed by atoms with Crippen LogP contribution in [-0.2, 0) is 32.3 Å². The molecule has 2 aromatic carbocycles. The standard InChI is InChI=1S/C30H25F3N3O6S/c1-40-22-11-9-19(10-12-22)17-41-28(38)25-21(16-35-13-5-2-6-14-35)18-43-27-24(26(37)36(25)27)34-15-20-7-3-4-8-23(20)42-29(39)30(31,32)33/h2-15,24,27H,16-18H2,1H3/q+1/t24-,27?/m1/s1. The molecule has 0 spiro atoms. The van der Waals surface area contributed by atoms with E-state index in [9.17, 15) is 27.6 Å². The van der Waals surface area contributed by atoms with Gasteiger partial charge in [0.1, 0.15) is 29.2 Å². The van der Waals surface area contributed by atoms with Gasteiger partial charge in [-0.2, -0.15) is 13.2 Å². The van der Waals surface area contributed by atoms with Gasteiger partial charge in [-0.3, -0.25) is 14.7 Å². The van der Waals surface area contributed by atoms with E-state index >= 15 is 0 Å². The first kappa shape index (κ1) is 29.8. The molecule has 3 aromatic rings. The number of para-hydroxylation sites is 1. The molecular weight excluding hydrogens is 587 g/mol. The van der Waals surface area contributed by atoms with Crippen LogP contribution >= 0.6 is 11.8 Å². The Morgan fingerprint density at radius 3 is 2.49 bits per heavy atom. The van der Waals surface area contributed by atoms with Crippen LogP contribution < -0.4 is 14.0 Å². The highest BCUT2D eigenvalue weighted by Crippen LogP contribution is 2.42.